The summed E-state index contributed by atoms with van der Waals surface area (Å²) in [6.45, 7) is 4.07. The van der Waals surface area contributed by atoms with Crippen LogP contribution in [-0.4, -0.2) is 23.0 Å². The zero-order valence-corrected chi connectivity index (χ0v) is 12.7. The molecule has 0 unspecified atom stereocenters. The van der Waals surface area contributed by atoms with Crippen molar-refractivity contribution in [2.75, 3.05) is 4.90 Å². The van der Waals surface area contributed by atoms with E-state index in [9.17, 15) is 9.59 Å². The average molecular weight is 306 g/mol. The molecule has 4 nitrogen and oxygen atoms in total. The monoisotopic (exact) mass is 305 g/mol. The predicted molar refractivity (Wildman–Crippen MR) is 78.1 cm³/mol. The Bertz CT molecular complexity index is 624. The number of ether oxygens (including phenoxy) is 1. The Balaban J connectivity index is 1.69. The van der Waals surface area contributed by atoms with E-state index >= 15 is 0 Å². The second-order valence-corrected chi connectivity index (χ2v) is 7.11. The molecule has 2 aliphatic heterocycles. The number of fused-ring (bicyclic) bond motifs is 2. The standard InChI is InChI=1S/C16H16ClNO3/c1-15-7-11-12(8-16(15,2)21-15)14(20)18(13(11)19)10-5-3-9(17)4-6-10/h3-6,11-12H,7-8H2,1-2H3/t11-,12+,15-,16+. The van der Waals surface area contributed by atoms with Gasteiger partial charge in [-0.05, 0) is 51.0 Å². The number of carbonyl (C=O) groups excluding carboxylic acids is 2. The van der Waals surface area contributed by atoms with E-state index in [1.807, 2.05) is 13.8 Å². The molecule has 1 aromatic carbocycles. The summed E-state index contributed by atoms with van der Waals surface area (Å²) in [5.74, 6) is -0.722. The van der Waals surface area contributed by atoms with Gasteiger partial charge in [-0.2, -0.15) is 0 Å². The summed E-state index contributed by atoms with van der Waals surface area (Å²) in [4.78, 5) is 26.6. The van der Waals surface area contributed by atoms with Gasteiger partial charge in [-0.15, -0.1) is 0 Å². The minimum Gasteiger partial charge on any atom is -0.363 e. The molecule has 1 saturated carbocycles. The maximum Gasteiger partial charge on any atom is 0.237 e. The number of benzene rings is 1. The van der Waals surface area contributed by atoms with Crippen molar-refractivity contribution in [2.24, 2.45) is 11.8 Å². The lowest BCUT2D eigenvalue weighted by atomic mass is 9.70. The van der Waals surface area contributed by atoms with Crippen LogP contribution in [0.2, 0.25) is 5.02 Å². The summed E-state index contributed by atoms with van der Waals surface area (Å²) in [7, 11) is 0. The highest BCUT2D eigenvalue weighted by Gasteiger charge is 2.71. The number of imide groups is 1. The molecular weight excluding hydrogens is 290 g/mol. The minimum absolute atomic E-state index is 0.105. The van der Waals surface area contributed by atoms with Gasteiger partial charge in [0.1, 0.15) is 0 Å². The van der Waals surface area contributed by atoms with Crippen molar-refractivity contribution in [2.45, 2.75) is 37.9 Å². The molecule has 1 aromatic rings. The van der Waals surface area contributed by atoms with E-state index in [4.69, 9.17) is 16.3 Å². The summed E-state index contributed by atoms with van der Waals surface area (Å²) in [5.41, 5.74) is 0.105. The number of epoxide rings is 1. The molecule has 3 aliphatic rings. The van der Waals surface area contributed by atoms with Crippen LogP contribution >= 0.6 is 11.6 Å². The first kappa shape index (κ1) is 13.3. The third kappa shape index (κ3) is 1.66. The molecule has 0 bridgehead atoms. The van der Waals surface area contributed by atoms with Crippen LogP contribution in [0.3, 0.4) is 0 Å². The molecule has 4 rings (SSSR count). The highest BCUT2D eigenvalue weighted by Crippen LogP contribution is 2.61. The molecule has 2 amide bonds. The van der Waals surface area contributed by atoms with E-state index in [2.05, 4.69) is 0 Å². The smallest absolute Gasteiger partial charge is 0.237 e. The largest absolute Gasteiger partial charge is 0.363 e. The Morgan fingerprint density at radius 2 is 1.52 bits per heavy atom. The highest BCUT2D eigenvalue weighted by atomic mass is 35.5. The molecule has 0 radical (unpaired) electrons. The van der Waals surface area contributed by atoms with Crippen LogP contribution in [0.5, 0.6) is 0 Å². The summed E-state index contributed by atoms with van der Waals surface area (Å²) >= 11 is 5.87. The van der Waals surface area contributed by atoms with Gasteiger partial charge >= 0.3 is 0 Å². The Hall–Kier alpha value is -1.39. The van der Waals surface area contributed by atoms with Crippen molar-refractivity contribution < 1.29 is 14.3 Å². The number of amides is 2. The SMILES string of the molecule is C[C@@]12C[C@H]3C(=O)N(c4ccc(Cl)cc4)C(=O)[C@H]3C[C@]1(C)O2. The van der Waals surface area contributed by atoms with Gasteiger partial charge in [0.25, 0.3) is 0 Å². The Labute approximate surface area is 128 Å². The van der Waals surface area contributed by atoms with E-state index in [0.29, 0.717) is 23.6 Å². The van der Waals surface area contributed by atoms with Crippen LogP contribution in [0.4, 0.5) is 5.69 Å². The molecule has 0 aromatic heterocycles. The van der Waals surface area contributed by atoms with Gasteiger partial charge in [0, 0.05) is 5.02 Å². The van der Waals surface area contributed by atoms with Gasteiger partial charge in [0.05, 0.1) is 28.7 Å². The van der Waals surface area contributed by atoms with Crippen molar-refractivity contribution in [1.82, 2.24) is 0 Å². The first-order valence-corrected chi connectivity index (χ1v) is 7.56. The van der Waals surface area contributed by atoms with Crippen LogP contribution in [0.15, 0.2) is 24.3 Å². The summed E-state index contributed by atoms with van der Waals surface area (Å²) in [6.07, 6.45) is 1.26. The predicted octanol–water partition coefficient (Wildman–Crippen LogP) is 2.79. The number of halogens is 1. The Morgan fingerprint density at radius 3 is 2.00 bits per heavy atom. The highest BCUT2D eigenvalue weighted by molar-refractivity contribution is 6.30. The third-order valence-electron chi connectivity index (χ3n) is 5.39. The van der Waals surface area contributed by atoms with Gasteiger partial charge in [-0.3, -0.25) is 14.5 Å². The van der Waals surface area contributed by atoms with Crippen LogP contribution in [-0.2, 0) is 14.3 Å². The number of rotatable bonds is 1. The van der Waals surface area contributed by atoms with Gasteiger partial charge in [-0.25, -0.2) is 0 Å². The maximum absolute atomic E-state index is 12.7. The van der Waals surface area contributed by atoms with Gasteiger partial charge in [0.15, 0.2) is 0 Å². The molecule has 21 heavy (non-hydrogen) atoms. The molecule has 5 heteroatoms. The van der Waals surface area contributed by atoms with Gasteiger partial charge < -0.3 is 4.74 Å². The van der Waals surface area contributed by atoms with E-state index < -0.39 is 0 Å². The van der Waals surface area contributed by atoms with E-state index in [1.165, 1.54) is 4.90 Å². The number of nitrogens with zero attached hydrogens (tertiary/aromatic N) is 1. The van der Waals surface area contributed by atoms with Crippen LogP contribution < -0.4 is 4.90 Å². The van der Waals surface area contributed by atoms with E-state index in [1.54, 1.807) is 24.3 Å². The van der Waals surface area contributed by atoms with Crippen LogP contribution in [0.25, 0.3) is 0 Å². The fraction of sp³-hybridized carbons (Fsp3) is 0.500. The summed E-state index contributed by atoms with van der Waals surface area (Å²) in [6, 6.07) is 6.83. The summed E-state index contributed by atoms with van der Waals surface area (Å²) < 4.78 is 5.80. The van der Waals surface area contributed by atoms with Crippen molar-refractivity contribution in [3.8, 4) is 0 Å². The molecule has 2 saturated heterocycles. The number of carbonyl (C=O) groups is 2. The normalized spacial score (nSPS) is 41.0. The molecular formula is C16H16ClNO3. The second kappa shape index (κ2) is 3.87. The fourth-order valence-corrected chi connectivity index (χ4v) is 4.04. The molecule has 3 fully saturated rings. The maximum atomic E-state index is 12.7. The average Bonchev–Trinajstić information content (AvgIpc) is 2.93. The molecule has 1 aliphatic carbocycles. The molecule has 110 valence electrons. The Kier molecular flexibility index (Phi) is 2.45. The lowest BCUT2D eigenvalue weighted by Crippen LogP contribution is -2.37. The molecule has 2 heterocycles. The number of hydrogen-bond acceptors (Lipinski definition) is 3. The van der Waals surface area contributed by atoms with Crippen LogP contribution in [0.1, 0.15) is 26.7 Å². The van der Waals surface area contributed by atoms with Crippen molar-refractivity contribution in [3.05, 3.63) is 29.3 Å². The second-order valence-electron chi connectivity index (χ2n) is 6.67. The van der Waals surface area contributed by atoms with E-state index in [-0.39, 0.29) is 34.9 Å². The lowest BCUT2D eigenvalue weighted by molar-refractivity contribution is -0.122. The van der Waals surface area contributed by atoms with Gasteiger partial charge in [-0.1, -0.05) is 11.6 Å². The molecule has 0 spiro atoms. The summed E-state index contributed by atoms with van der Waals surface area (Å²) in [5, 5.41) is 0.588. The third-order valence-corrected chi connectivity index (χ3v) is 5.64. The lowest BCUT2D eigenvalue weighted by Gasteiger charge is -2.26. The number of hydrogen-bond donors (Lipinski definition) is 0. The van der Waals surface area contributed by atoms with Gasteiger partial charge in [0.2, 0.25) is 11.8 Å². The first-order valence-electron chi connectivity index (χ1n) is 7.18. The van der Waals surface area contributed by atoms with Crippen LogP contribution in [0, 0.1) is 11.8 Å². The zero-order valence-electron chi connectivity index (χ0n) is 11.9. The van der Waals surface area contributed by atoms with Crippen molar-refractivity contribution >= 4 is 29.1 Å². The van der Waals surface area contributed by atoms with Crippen molar-refractivity contribution in [1.29, 1.82) is 0 Å². The Morgan fingerprint density at radius 1 is 1.05 bits per heavy atom. The van der Waals surface area contributed by atoms with Crippen molar-refractivity contribution in [3.63, 3.8) is 0 Å². The molecule has 0 N–H and O–H groups in total. The fourth-order valence-electron chi connectivity index (χ4n) is 3.91. The quantitative estimate of drug-likeness (QED) is 0.592. The number of anilines is 1. The first-order chi connectivity index (χ1) is 9.85. The topological polar surface area (TPSA) is 49.9 Å². The molecule has 4 atom stereocenters. The zero-order chi connectivity index (χ0) is 15.0. The minimum atomic E-state index is -0.256. The van der Waals surface area contributed by atoms with E-state index in [0.717, 1.165) is 0 Å².